The number of hydrogen-bond acceptors (Lipinski definition) is 1. The highest BCUT2D eigenvalue weighted by Crippen LogP contribution is 2.24. The van der Waals surface area contributed by atoms with Crippen molar-refractivity contribution in [3.05, 3.63) is 29.8 Å². The van der Waals surface area contributed by atoms with Gasteiger partial charge in [0.1, 0.15) is 0 Å². The van der Waals surface area contributed by atoms with Crippen molar-refractivity contribution < 1.29 is 4.79 Å². The summed E-state index contributed by atoms with van der Waals surface area (Å²) < 4.78 is 0. The Hall–Kier alpha value is -1.31. The molecular formula is C13H19NO. The van der Waals surface area contributed by atoms with Gasteiger partial charge in [-0.05, 0) is 29.5 Å². The summed E-state index contributed by atoms with van der Waals surface area (Å²) in [4.78, 5) is 10.8. The molecule has 1 atom stereocenters. The molecule has 0 aliphatic rings. The van der Waals surface area contributed by atoms with E-state index in [2.05, 4.69) is 38.2 Å². The number of carbonyl (C=O) groups excluding carboxylic acids is 1. The SMILES string of the molecule is CC(=O)Nc1ccc(C(C)C(C)C)cc1. The molecule has 0 spiro atoms. The first-order valence-electron chi connectivity index (χ1n) is 5.38. The monoisotopic (exact) mass is 205 g/mol. The van der Waals surface area contributed by atoms with Crippen molar-refractivity contribution in [3.8, 4) is 0 Å². The Morgan fingerprint density at radius 3 is 2.07 bits per heavy atom. The summed E-state index contributed by atoms with van der Waals surface area (Å²) >= 11 is 0. The third-order valence-electron chi connectivity index (χ3n) is 2.76. The van der Waals surface area contributed by atoms with E-state index in [1.54, 1.807) is 0 Å². The summed E-state index contributed by atoms with van der Waals surface area (Å²) in [5.74, 6) is 1.16. The highest BCUT2D eigenvalue weighted by atomic mass is 16.1. The first-order valence-corrected chi connectivity index (χ1v) is 5.38. The molecule has 82 valence electrons. The summed E-state index contributed by atoms with van der Waals surface area (Å²) in [5, 5.41) is 2.76. The predicted octanol–water partition coefficient (Wildman–Crippen LogP) is 3.40. The zero-order valence-electron chi connectivity index (χ0n) is 9.87. The van der Waals surface area contributed by atoms with Crippen LogP contribution >= 0.6 is 0 Å². The molecule has 0 fully saturated rings. The molecule has 0 saturated carbocycles. The third-order valence-corrected chi connectivity index (χ3v) is 2.76. The Balaban J connectivity index is 2.76. The second-order valence-electron chi connectivity index (χ2n) is 4.34. The van der Waals surface area contributed by atoms with Gasteiger partial charge in [0.15, 0.2) is 0 Å². The maximum absolute atomic E-state index is 10.8. The van der Waals surface area contributed by atoms with Crippen molar-refractivity contribution in [3.63, 3.8) is 0 Å². The van der Waals surface area contributed by atoms with Crippen molar-refractivity contribution >= 4 is 11.6 Å². The lowest BCUT2D eigenvalue weighted by Gasteiger charge is -2.16. The molecule has 0 saturated heterocycles. The number of benzene rings is 1. The standard InChI is InChI=1S/C13H19NO/c1-9(2)10(3)12-5-7-13(8-6-12)14-11(4)15/h5-10H,1-4H3,(H,14,15). The molecule has 1 unspecified atom stereocenters. The van der Waals surface area contributed by atoms with E-state index in [0.717, 1.165) is 5.69 Å². The molecule has 1 N–H and O–H groups in total. The van der Waals surface area contributed by atoms with Gasteiger partial charge in [-0.2, -0.15) is 0 Å². The van der Waals surface area contributed by atoms with Gasteiger partial charge in [-0.1, -0.05) is 32.9 Å². The highest BCUT2D eigenvalue weighted by Gasteiger charge is 2.09. The molecule has 1 amide bonds. The first kappa shape index (κ1) is 11.8. The molecule has 0 radical (unpaired) electrons. The van der Waals surface area contributed by atoms with E-state index in [1.165, 1.54) is 12.5 Å². The number of rotatable bonds is 3. The molecule has 0 aromatic heterocycles. The Kier molecular flexibility index (Phi) is 3.89. The van der Waals surface area contributed by atoms with Gasteiger partial charge >= 0.3 is 0 Å². The largest absolute Gasteiger partial charge is 0.326 e. The van der Waals surface area contributed by atoms with Crippen molar-refractivity contribution in [2.75, 3.05) is 5.32 Å². The van der Waals surface area contributed by atoms with Gasteiger partial charge in [0, 0.05) is 12.6 Å². The fourth-order valence-corrected chi connectivity index (χ4v) is 1.46. The van der Waals surface area contributed by atoms with Gasteiger partial charge in [0.2, 0.25) is 5.91 Å². The van der Waals surface area contributed by atoms with E-state index in [9.17, 15) is 4.79 Å². The van der Waals surface area contributed by atoms with E-state index >= 15 is 0 Å². The number of anilines is 1. The van der Waals surface area contributed by atoms with Crippen LogP contribution in [0.3, 0.4) is 0 Å². The van der Waals surface area contributed by atoms with Gasteiger partial charge < -0.3 is 5.32 Å². The van der Waals surface area contributed by atoms with Gasteiger partial charge in [-0.15, -0.1) is 0 Å². The van der Waals surface area contributed by atoms with Crippen LogP contribution in [-0.4, -0.2) is 5.91 Å². The van der Waals surface area contributed by atoms with E-state index < -0.39 is 0 Å². The Bertz CT molecular complexity index is 327. The molecule has 0 heterocycles. The molecule has 0 aliphatic carbocycles. The predicted molar refractivity (Wildman–Crippen MR) is 64.0 cm³/mol. The number of hydrogen-bond donors (Lipinski definition) is 1. The van der Waals surface area contributed by atoms with Gasteiger partial charge in [-0.3, -0.25) is 4.79 Å². The summed E-state index contributed by atoms with van der Waals surface area (Å²) in [5.41, 5.74) is 2.18. The van der Waals surface area contributed by atoms with Gasteiger partial charge in [0.05, 0.1) is 0 Å². The van der Waals surface area contributed by atoms with Crippen LogP contribution < -0.4 is 5.32 Å². The minimum absolute atomic E-state index is 0.0281. The second-order valence-corrected chi connectivity index (χ2v) is 4.34. The summed E-state index contributed by atoms with van der Waals surface area (Å²) in [7, 11) is 0. The van der Waals surface area contributed by atoms with Gasteiger partial charge in [0.25, 0.3) is 0 Å². The quantitative estimate of drug-likeness (QED) is 0.805. The lowest BCUT2D eigenvalue weighted by Crippen LogP contribution is -2.06. The van der Waals surface area contributed by atoms with E-state index in [1.807, 2.05) is 12.1 Å². The summed E-state index contributed by atoms with van der Waals surface area (Å²) in [6.45, 7) is 8.17. The molecule has 2 heteroatoms. The molecule has 15 heavy (non-hydrogen) atoms. The fourth-order valence-electron chi connectivity index (χ4n) is 1.46. The molecule has 1 aromatic carbocycles. The topological polar surface area (TPSA) is 29.1 Å². The smallest absolute Gasteiger partial charge is 0.221 e. The summed E-state index contributed by atoms with van der Waals surface area (Å²) in [6.07, 6.45) is 0. The molecular weight excluding hydrogens is 186 g/mol. The third kappa shape index (κ3) is 3.39. The van der Waals surface area contributed by atoms with Crippen LogP contribution in [0.15, 0.2) is 24.3 Å². The lowest BCUT2D eigenvalue weighted by molar-refractivity contribution is -0.114. The fraction of sp³-hybridized carbons (Fsp3) is 0.462. The number of amides is 1. The van der Waals surface area contributed by atoms with Crippen molar-refractivity contribution in [2.45, 2.75) is 33.6 Å². The van der Waals surface area contributed by atoms with Crippen molar-refractivity contribution in [2.24, 2.45) is 5.92 Å². The first-order chi connectivity index (χ1) is 7.00. The van der Waals surface area contributed by atoms with Crippen LogP contribution in [-0.2, 0) is 4.79 Å². The number of carbonyl (C=O) groups is 1. The van der Waals surface area contributed by atoms with Crippen LogP contribution in [0, 0.1) is 5.92 Å². The average molecular weight is 205 g/mol. The van der Waals surface area contributed by atoms with Crippen LogP contribution in [0.5, 0.6) is 0 Å². The Morgan fingerprint density at radius 1 is 1.13 bits per heavy atom. The van der Waals surface area contributed by atoms with Crippen LogP contribution in [0.25, 0.3) is 0 Å². The van der Waals surface area contributed by atoms with Gasteiger partial charge in [-0.25, -0.2) is 0 Å². The van der Waals surface area contributed by atoms with Crippen LogP contribution in [0.1, 0.15) is 39.2 Å². The normalized spacial score (nSPS) is 12.6. The zero-order valence-corrected chi connectivity index (χ0v) is 9.87. The molecule has 2 nitrogen and oxygen atoms in total. The molecule has 1 aromatic rings. The zero-order chi connectivity index (χ0) is 11.4. The maximum atomic E-state index is 10.8. The molecule has 0 aliphatic heterocycles. The Morgan fingerprint density at radius 2 is 1.67 bits per heavy atom. The summed E-state index contributed by atoms with van der Waals surface area (Å²) in [6, 6.07) is 8.07. The van der Waals surface area contributed by atoms with Crippen LogP contribution in [0.4, 0.5) is 5.69 Å². The van der Waals surface area contributed by atoms with Crippen LogP contribution in [0.2, 0.25) is 0 Å². The Labute approximate surface area is 91.7 Å². The molecule has 0 bridgehead atoms. The second kappa shape index (κ2) is 4.96. The minimum Gasteiger partial charge on any atom is -0.326 e. The minimum atomic E-state index is -0.0281. The van der Waals surface area contributed by atoms with E-state index in [4.69, 9.17) is 0 Å². The molecule has 1 rings (SSSR count). The number of nitrogens with one attached hydrogen (secondary N) is 1. The highest BCUT2D eigenvalue weighted by molar-refractivity contribution is 5.88. The lowest BCUT2D eigenvalue weighted by atomic mass is 9.90. The van der Waals surface area contributed by atoms with Crippen molar-refractivity contribution in [1.82, 2.24) is 0 Å². The van der Waals surface area contributed by atoms with Crippen molar-refractivity contribution in [1.29, 1.82) is 0 Å². The van der Waals surface area contributed by atoms with E-state index in [0.29, 0.717) is 11.8 Å². The average Bonchev–Trinajstić information content (AvgIpc) is 2.17. The van der Waals surface area contributed by atoms with E-state index in [-0.39, 0.29) is 5.91 Å². The maximum Gasteiger partial charge on any atom is 0.221 e.